The number of hydrogen-bond donors (Lipinski definition) is 2. The fraction of sp³-hybridized carbons (Fsp3) is 0.143. The number of aromatic nitrogens is 4. The average molecular weight is 238 g/mol. The van der Waals surface area contributed by atoms with Crippen molar-refractivity contribution in [1.82, 2.24) is 19.9 Å². The van der Waals surface area contributed by atoms with Crippen LogP contribution in [0.1, 0.15) is 19.2 Å². The van der Waals surface area contributed by atoms with E-state index in [0.29, 0.717) is 0 Å². The highest BCUT2D eigenvalue weighted by Gasteiger charge is 2.04. The summed E-state index contributed by atoms with van der Waals surface area (Å²) >= 11 is 0. The zero-order chi connectivity index (χ0) is 12.4. The van der Waals surface area contributed by atoms with E-state index in [1.165, 1.54) is 0 Å². The highest BCUT2D eigenvalue weighted by atomic mass is 14.9. The quantitative estimate of drug-likeness (QED) is 0.735. The van der Waals surface area contributed by atoms with E-state index >= 15 is 0 Å². The van der Waals surface area contributed by atoms with Gasteiger partial charge in [-0.25, -0.2) is 9.97 Å². The molecule has 2 N–H and O–H groups in total. The van der Waals surface area contributed by atoms with E-state index in [9.17, 15) is 0 Å². The van der Waals surface area contributed by atoms with E-state index in [2.05, 4.69) is 39.0 Å². The van der Waals surface area contributed by atoms with E-state index in [-0.39, 0.29) is 0 Å². The number of nitrogens with zero attached hydrogens (tertiary/aromatic N) is 2. The molecule has 2 heterocycles. The third kappa shape index (κ3) is 1.93. The Bertz CT molecular complexity index is 677. The molecule has 0 aliphatic carbocycles. The lowest BCUT2D eigenvalue weighted by Gasteiger charge is -1.95. The van der Waals surface area contributed by atoms with Gasteiger partial charge in [0.15, 0.2) is 0 Å². The zero-order valence-corrected chi connectivity index (χ0v) is 10.1. The molecule has 0 atom stereocenters. The summed E-state index contributed by atoms with van der Waals surface area (Å²) in [5.41, 5.74) is 3.06. The molecule has 4 heteroatoms. The van der Waals surface area contributed by atoms with Gasteiger partial charge in [-0.15, -0.1) is 0 Å². The molecule has 0 saturated carbocycles. The molecule has 2 aromatic heterocycles. The molecule has 0 unspecified atom stereocenters. The number of nitrogens with one attached hydrogen (secondary N) is 2. The SMILES string of the molecule is CC/C=C/c1nc2ccc(-c3ncc[nH]3)cc2[nH]1. The average Bonchev–Trinajstić information content (AvgIpc) is 3.03. The summed E-state index contributed by atoms with van der Waals surface area (Å²) in [5, 5.41) is 0. The van der Waals surface area contributed by atoms with Gasteiger partial charge in [0.25, 0.3) is 0 Å². The molecule has 0 radical (unpaired) electrons. The summed E-state index contributed by atoms with van der Waals surface area (Å²) in [6, 6.07) is 6.09. The Hall–Kier alpha value is -2.36. The van der Waals surface area contributed by atoms with Gasteiger partial charge in [0.2, 0.25) is 0 Å². The minimum absolute atomic E-state index is 0.872. The summed E-state index contributed by atoms with van der Waals surface area (Å²) in [4.78, 5) is 15.1. The Morgan fingerprint density at radius 2 is 2.28 bits per heavy atom. The van der Waals surface area contributed by atoms with Crippen molar-refractivity contribution >= 4 is 17.1 Å². The molecular formula is C14H14N4. The number of hydrogen-bond acceptors (Lipinski definition) is 2. The Kier molecular flexibility index (Phi) is 2.68. The van der Waals surface area contributed by atoms with Gasteiger partial charge in [-0.05, 0) is 30.7 Å². The van der Waals surface area contributed by atoms with Gasteiger partial charge in [-0.1, -0.05) is 13.0 Å². The van der Waals surface area contributed by atoms with E-state index < -0.39 is 0 Å². The molecule has 90 valence electrons. The van der Waals surface area contributed by atoms with E-state index in [1.54, 1.807) is 6.20 Å². The van der Waals surface area contributed by atoms with Crippen LogP contribution in [0.3, 0.4) is 0 Å². The van der Waals surface area contributed by atoms with Crippen LogP contribution in [0.5, 0.6) is 0 Å². The lowest BCUT2D eigenvalue weighted by molar-refractivity contribution is 1.22. The van der Waals surface area contributed by atoms with Crippen LogP contribution in [0.25, 0.3) is 28.5 Å². The molecule has 4 nitrogen and oxygen atoms in total. The van der Waals surface area contributed by atoms with Crippen molar-refractivity contribution in [2.75, 3.05) is 0 Å². The Labute approximate surface area is 105 Å². The highest BCUT2D eigenvalue weighted by molar-refractivity contribution is 5.81. The summed E-state index contributed by atoms with van der Waals surface area (Å²) in [6.07, 6.45) is 8.68. The van der Waals surface area contributed by atoms with Crippen molar-refractivity contribution in [1.29, 1.82) is 0 Å². The van der Waals surface area contributed by atoms with Crippen molar-refractivity contribution < 1.29 is 0 Å². The van der Waals surface area contributed by atoms with Crippen LogP contribution >= 0.6 is 0 Å². The lowest BCUT2D eigenvalue weighted by atomic mass is 10.2. The maximum Gasteiger partial charge on any atom is 0.137 e. The molecule has 0 amide bonds. The molecule has 0 spiro atoms. The number of rotatable bonds is 3. The van der Waals surface area contributed by atoms with Gasteiger partial charge in [0.1, 0.15) is 11.6 Å². The molecule has 0 saturated heterocycles. The molecule has 0 aliphatic heterocycles. The smallest absolute Gasteiger partial charge is 0.137 e. The van der Waals surface area contributed by atoms with Gasteiger partial charge in [-0.3, -0.25) is 0 Å². The zero-order valence-electron chi connectivity index (χ0n) is 10.1. The predicted molar refractivity (Wildman–Crippen MR) is 73.0 cm³/mol. The summed E-state index contributed by atoms with van der Waals surface area (Å²) < 4.78 is 0. The fourth-order valence-electron chi connectivity index (χ4n) is 1.91. The second-order valence-corrected chi connectivity index (χ2v) is 4.10. The van der Waals surface area contributed by atoms with Gasteiger partial charge in [-0.2, -0.15) is 0 Å². The number of benzene rings is 1. The van der Waals surface area contributed by atoms with E-state index in [4.69, 9.17) is 0 Å². The van der Waals surface area contributed by atoms with Crippen molar-refractivity contribution in [3.05, 3.63) is 42.5 Å². The summed E-state index contributed by atoms with van der Waals surface area (Å²) in [5.74, 6) is 1.76. The van der Waals surface area contributed by atoms with Crippen LogP contribution in [0.15, 0.2) is 36.7 Å². The first kappa shape index (κ1) is 10.8. The molecule has 0 bridgehead atoms. The standard InChI is InChI=1S/C14H14N4/c1-2-3-4-13-17-11-6-5-10(9-12(11)18-13)14-15-7-8-16-14/h3-9H,2H2,1H3,(H,15,16)(H,17,18)/b4-3+. The van der Waals surface area contributed by atoms with Crippen molar-refractivity contribution in [2.24, 2.45) is 0 Å². The van der Waals surface area contributed by atoms with Crippen LogP contribution in [0, 0.1) is 0 Å². The summed E-state index contributed by atoms with van der Waals surface area (Å²) in [6.45, 7) is 2.11. The van der Waals surface area contributed by atoms with Crippen molar-refractivity contribution in [2.45, 2.75) is 13.3 Å². The van der Waals surface area contributed by atoms with Crippen LogP contribution < -0.4 is 0 Å². The monoisotopic (exact) mass is 238 g/mol. The van der Waals surface area contributed by atoms with Crippen LogP contribution in [0.2, 0.25) is 0 Å². The molecule has 3 aromatic rings. The third-order valence-corrected chi connectivity index (χ3v) is 2.78. The second-order valence-electron chi connectivity index (χ2n) is 4.10. The number of aromatic amines is 2. The lowest BCUT2D eigenvalue weighted by Crippen LogP contribution is -1.80. The Balaban J connectivity index is 2.04. The number of allylic oxidation sites excluding steroid dienone is 1. The molecular weight excluding hydrogens is 224 g/mol. The molecule has 1 aromatic carbocycles. The predicted octanol–water partition coefficient (Wildman–Crippen LogP) is 3.38. The Morgan fingerprint density at radius 1 is 1.33 bits per heavy atom. The van der Waals surface area contributed by atoms with Crippen molar-refractivity contribution in [3.8, 4) is 11.4 Å². The van der Waals surface area contributed by atoms with Gasteiger partial charge in [0, 0.05) is 18.0 Å². The van der Waals surface area contributed by atoms with Gasteiger partial charge >= 0.3 is 0 Å². The number of H-pyrrole nitrogens is 2. The molecule has 0 aliphatic rings. The number of imidazole rings is 2. The number of fused-ring (bicyclic) bond motifs is 1. The fourth-order valence-corrected chi connectivity index (χ4v) is 1.91. The summed E-state index contributed by atoms with van der Waals surface area (Å²) in [7, 11) is 0. The van der Waals surface area contributed by atoms with Crippen molar-refractivity contribution in [3.63, 3.8) is 0 Å². The van der Waals surface area contributed by atoms with Crippen LogP contribution in [0.4, 0.5) is 0 Å². The minimum atomic E-state index is 0.872. The van der Waals surface area contributed by atoms with E-state index in [1.807, 2.05) is 24.4 Å². The first-order valence-electron chi connectivity index (χ1n) is 6.03. The normalized spacial score (nSPS) is 11.6. The molecule has 18 heavy (non-hydrogen) atoms. The minimum Gasteiger partial charge on any atom is -0.345 e. The topological polar surface area (TPSA) is 57.4 Å². The second kappa shape index (κ2) is 4.49. The third-order valence-electron chi connectivity index (χ3n) is 2.78. The largest absolute Gasteiger partial charge is 0.345 e. The Morgan fingerprint density at radius 3 is 3.06 bits per heavy atom. The first-order valence-corrected chi connectivity index (χ1v) is 6.03. The van der Waals surface area contributed by atoms with Gasteiger partial charge < -0.3 is 9.97 Å². The van der Waals surface area contributed by atoms with Crippen LogP contribution in [-0.4, -0.2) is 19.9 Å². The van der Waals surface area contributed by atoms with Gasteiger partial charge in [0.05, 0.1) is 11.0 Å². The van der Waals surface area contributed by atoms with Crippen LogP contribution in [-0.2, 0) is 0 Å². The first-order chi connectivity index (χ1) is 8.86. The highest BCUT2D eigenvalue weighted by Crippen LogP contribution is 2.20. The van der Waals surface area contributed by atoms with E-state index in [0.717, 1.165) is 34.7 Å². The molecule has 0 fully saturated rings. The molecule has 3 rings (SSSR count). The maximum atomic E-state index is 4.50. The maximum absolute atomic E-state index is 4.50.